The molecule has 4 rings (SSSR count). The van der Waals surface area contributed by atoms with E-state index in [9.17, 15) is 9.59 Å². The number of pyridine rings is 1. The summed E-state index contributed by atoms with van der Waals surface area (Å²) in [6, 6.07) is 11.0. The Kier molecular flexibility index (Phi) is 6.70. The second kappa shape index (κ2) is 9.64. The van der Waals surface area contributed by atoms with Gasteiger partial charge in [0.1, 0.15) is 0 Å². The second-order valence-corrected chi connectivity index (χ2v) is 8.03. The number of hydrogen-bond donors (Lipinski definition) is 0. The van der Waals surface area contributed by atoms with Crippen LogP contribution in [0.4, 0.5) is 10.5 Å². The minimum Gasteiger partial charge on any atom is -0.465 e. The summed E-state index contributed by atoms with van der Waals surface area (Å²) in [5.74, 6) is -0.448. The number of esters is 1. The molecule has 2 aliphatic heterocycles. The monoisotopic (exact) mass is 444 g/mol. The summed E-state index contributed by atoms with van der Waals surface area (Å²) in [5.41, 5.74) is 1.72. The van der Waals surface area contributed by atoms with Crippen molar-refractivity contribution in [3.8, 4) is 0 Å². The number of ether oxygens (including phenoxy) is 2. The van der Waals surface area contributed by atoms with Gasteiger partial charge in [-0.3, -0.25) is 14.8 Å². The van der Waals surface area contributed by atoms with Gasteiger partial charge in [-0.1, -0.05) is 17.7 Å². The molecule has 2 fully saturated rings. The number of halogens is 1. The molecule has 0 bridgehead atoms. The Labute approximate surface area is 186 Å². The molecule has 0 aliphatic carbocycles. The molecule has 0 unspecified atom stereocenters. The van der Waals surface area contributed by atoms with Crippen LogP contribution in [0.1, 0.15) is 16.1 Å². The topological polar surface area (TPSA) is 75.2 Å². The fraction of sp³-hybridized carbons (Fsp3) is 0.409. The molecule has 1 aromatic carbocycles. The van der Waals surface area contributed by atoms with E-state index in [1.54, 1.807) is 29.2 Å². The van der Waals surface area contributed by atoms with Crippen LogP contribution < -0.4 is 4.90 Å². The molecule has 0 N–H and O–H groups in total. The quantitative estimate of drug-likeness (QED) is 0.660. The summed E-state index contributed by atoms with van der Waals surface area (Å²) in [6.45, 7) is 4.77. The van der Waals surface area contributed by atoms with Crippen LogP contribution >= 0.6 is 11.6 Å². The van der Waals surface area contributed by atoms with Crippen LogP contribution in [0, 0.1) is 0 Å². The number of amides is 2. The van der Waals surface area contributed by atoms with Gasteiger partial charge in [0.05, 0.1) is 44.2 Å². The first-order chi connectivity index (χ1) is 15.0. The number of aromatic nitrogens is 1. The Bertz CT molecular complexity index is 927. The summed E-state index contributed by atoms with van der Waals surface area (Å²) in [4.78, 5) is 35.4. The van der Waals surface area contributed by atoms with Crippen LogP contribution in [0.2, 0.25) is 5.02 Å². The Morgan fingerprint density at radius 2 is 1.97 bits per heavy atom. The molecule has 3 heterocycles. The van der Waals surface area contributed by atoms with Gasteiger partial charge in [-0.25, -0.2) is 9.59 Å². The average Bonchev–Trinajstić information content (AvgIpc) is 2.76. The number of anilines is 1. The van der Waals surface area contributed by atoms with Gasteiger partial charge in [-0.15, -0.1) is 0 Å². The zero-order valence-corrected chi connectivity index (χ0v) is 18.1. The highest BCUT2D eigenvalue weighted by Gasteiger charge is 2.32. The number of nitrogens with zero attached hydrogens (tertiary/aromatic N) is 4. The highest BCUT2D eigenvalue weighted by Crippen LogP contribution is 2.24. The van der Waals surface area contributed by atoms with Crippen LogP contribution in [-0.4, -0.2) is 79.3 Å². The molecule has 2 aliphatic rings. The molecule has 164 valence electrons. The first-order valence-corrected chi connectivity index (χ1v) is 10.6. The van der Waals surface area contributed by atoms with Crippen molar-refractivity contribution in [1.82, 2.24) is 14.8 Å². The predicted molar refractivity (Wildman–Crippen MR) is 116 cm³/mol. The molecule has 2 aromatic rings. The Morgan fingerprint density at radius 1 is 1.19 bits per heavy atom. The number of benzene rings is 1. The lowest BCUT2D eigenvalue weighted by Crippen LogP contribution is -2.59. The molecular weight excluding hydrogens is 420 g/mol. The van der Waals surface area contributed by atoms with Crippen molar-refractivity contribution in [1.29, 1.82) is 0 Å². The van der Waals surface area contributed by atoms with Crippen molar-refractivity contribution in [3.63, 3.8) is 0 Å². The number of rotatable bonds is 5. The molecule has 9 heteroatoms. The van der Waals surface area contributed by atoms with Crippen LogP contribution in [-0.2, 0) is 16.0 Å². The Hall–Kier alpha value is -2.68. The van der Waals surface area contributed by atoms with Crippen molar-refractivity contribution >= 4 is 29.3 Å². The number of urea groups is 1. The van der Waals surface area contributed by atoms with Gasteiger partial charge >= 0.3 is 12.0 Å². The van der Waals surface area contributed by atoms with Crippen molar-refractivity contribution < 1.29 is 19.1 Å². The van der Waals surface area contributed by atoms with E-state index in [1.807, 2.05) is 17.0 Å². The van der Waals surface area contributed by atoms with Crippen molar-refractivity contribution in [2.75, 3.05) is 51.4 Å². The molecule has 2 amide bonds. The van der Waals surface area contributed by atoms with E-state index < -0.39 is 5.97 Å². The van der Waals surface area contributed by atoms with Gasteiger partial charge in [-0.05, 0) is 30.3 Å². The summed E-state index contributed by atoms with van der Waals surface area (Å²) in [5, 5.41) is 0.555. The molecule has 8 nitrogen and oxygen atoms in total. The zero-order valence-electron chi connectivity index (χ0n) is 17.4. The van der Waals surface area contributed by atoms with Crippen LogP contribution in [0.15, 0.2) is 42.6 Å². The molecule has 1 aromatic heterocycles. The summed E-state index contributed by atoms with van der Waals surface area (Å²) >= 11 is 6.19. The van der Waals surface area contributed by atoms with Crippen molar-refractivity contribution in [3.05, 3.63) is 58.9 Å². The maximum absolute atomic E-state index is 13.5. The minimum atomic E-state index is -0.448. The van der Waals surface area contributed by atoms with Gasteiger partial charge in [0.25, 0.3) is 0 Å². The normalized spacial score (nSPS) is 17.2. The maximum Gasteiger partial charge on any atom is 0.339 e. The van der Waals surface area contributed by atoms with Gasteiger partial charge in [0.15, 0.2) is 0 Å². The number of hydrogen-bond acceptors (Lipinski definition) is 6. The minimum absolute atomic E-state index is 0.0920. The number of methoxy groups -OCH3 is 1. The average molecular weight is 445 g/mol. The second-order valence-electron chi connectivity index (χ2n) is 7.59. The third kappa shape index (κ3) is 4.98. The fourth-order valence-electron chi connectivity index (χ4n) is 3.72. The van der Waals surface area contributed by atoms with Crippen molar-refractivity contribution in [2.45, 2.75) is 12.6 Å². The summed E-state index contributed by atoms with van der Waals surface area (Å²) in [7, 11) is 1.33. The SMILES string of the molecule is COC(=O)c1ccc(CN(C(=O)N2CCN(C3COC3)CC2)c2cccc(Cl)c2)nc1. The van der Waals surface area contributed by atoms with Crippen molar-refractivity contribution in [2.24, 2.45) is 0 Å². The molecule has 0 radical (unpaired) electrons. The highest BCUT2D eigenvalue weighted by atomic mass is 35.5. The molecule has 0 saturated carbocycles. The summed E-state index contributed by atoms with van der Waals surface area (Å²) < 4.78 is 10.0. The lowest BCUT2D eigenvalue weighted by atomic mass is 10.2. The molecular formula is C22H25ClN4O4. The van der Waals surface area contributed by atoms with Crippen LogP contribution in [0.25, 0.3) is 0 Å². The van der Waals surface area contributed by atoms with Gasteiger partial charge in [0.2, 0.25) is 0 Å². The molecule has 31 heavy (non-hydrogen) atoms. The standard InChI is InChI=1S/C22H25ClN4O4/c1-30-21(28)16-5-6-18(24-12-16)13-27(19-4-2-3-17(23)11-19)22(29)26-9-7-25(8-10-26)20-14-31-15-20/h2-6,11-12,20H,7-10,13-15H2,1H3. The van der Waals surface area contributed by atoms with E-state index in [1.165, 1.54) is 13.3 Å². The Balaban J connectivity index is 1.50. The highest BCUT2D eigenvalue weighted by molar-refractivity contribution is 6.30. The third-order valence-electron chi connectivity index (χ3n) is 5.64. The van der Waals surface area contributed by atoms with E-state index in [-0.39, 0.29) is 12.6 Å². The van der Waals surface area contributed by atoms with Crippen LogP contribution in [0.3, 0.4) is 0 Å². The number of carbonyl (C=O) groups is 2. The van der Waals surface area contributed by atoms with Gasteiger partial charge in [0, 0.05) is 43.1 Å². The van der Waals surface area contributed by atoms with Gasteiger partial charge < -0.3 is 14.4 Å². The first kappa shape index (κ1) is 21.5. The first-order valence-electron chi connectivity index (χ1n) is 10.2. The molecule has 0 atom stereocenters. The van der Waals surface area contributed by atoms with E-state index in [4.69, 9.17) is 21.1 Å². The van der Waals surface area contributed by atoms with E-state index in [2.05, 4.69) is 9.88 Å². The fourth-order valence-corrected chi connectivity index (χ4v) is 3.90. The molecule has 2 saturated heterocycles. The predicted octanol–water partition coefficient (Wildman–Crippen LogP) is 2.66. The Morgan fingerprint density at radius 3 is 2.55 bits per heavy atom. The van der Waals surface area contributed by atoms with E-state index >= 15 is 0 Å². The van der Waals surface area contributed by atoms with Gasteiger partial charge in [-0.2, -0.15) is 0 Å². The largest absolute Gasteiger partial charge is 0.465 e. The smallest absolute Gasteiger partial charge is 0.339 e. The summed E-state index contributed by atoms with van der Waals surface area (Å²) in [6.07, 6.45) is 1.46. The number of carbonyl (C=O) groups excluding carboxylic acids is 2. The van der Waals surface area contributed by atoms with E-state index in [0.717, 1.165) is 26.3 Å². The lowest BCUT2D eigenvalue weighted by molar-refractivity contribution is -0.0738. The maximum atomic E-state index is 13.5. The molecule has 0 spiro atoms. The van der Waals surface area contributed by atoms with Crippen LogP contribution in [0.5, 0.6) is 0 Å². The lowest BCUT2D eigenvalue weighted by Gasteiger charge is -2.43. The number of piperazine rings is 1. The van der Waals surface area contributed by atoms with E-state index in [0.29, 0.717) is 41.1 Å². The zero-order chi connectivity index (χ0) is 21.8. The third-order valence-corrected chi connectivity index (χ3v) is 5.87.